The molecule has 0 atom stereocenters. The standard InChI is InChI=1S/C25H36N4O4/c1-25(2,3)33-24(32)27-18-10-14-29(15-11-18)23(31)20-9-8-19(26-22(30)17-6-7-17)16-21(20)28-12-4-5-13-28/h8-9,16-18H,4-7,10-15H2,1-3H3,(H,26,30)(H,27,32). The Kier molecular flexibility index (Phi) is 6.81. The number of amides is 3. The Bertz CT molecular complexity index is 892. The van der Waals surface area contributed by atoms with Gasteiger partial charge in [-0.2, -0.15) is 0 Å². The largest absolute Gasteiger partial charge is 0.444 e. The quantitative estimate of drug-likeness (QED) is 0.704. The second-order valence-electron chi connectivity index (χ2n) is 10.4. The van der Waals surface area contributed by atoms with E-state index < -0.39 is 11.7 Å². The van der Waals surface area contributed by atoms with E-state index in [2.05, 4.69) is 15.5 Å². The van der Waals surface area contributed by atoms with Crippen LogP contribution in [0.3, 0.4) is 0 Å². The van der Waals surface area contributed by atoms with Crippen LogP contribution < -0.4 is 15.5 Å². The van der Waals surface area contributed by atoms with Gasteiger partial charge < -0.3 is 25.2 Å². The fraction of sp³-hybridized carbons (Fsp3) is 0.640. The zero-order valence-corrected chi connectivity index (χ0v) is 20.0. The van der Waals surface area contributed by atoms with E-state index in [-0.39, 0.29) is 23.8 Å². The van der Waals surface area contributed by atoms with Crippen LogP contribution >= 0.6 is 0 Å². The lowest BCUT2D eigenvalue weighted by Gasteiger charge is -2.34. The van der Waals surface area contributed by atoms with Crippen molar-refractivity contribution in [3.05, 3.63) is 23.8 Å². The smallest absolute Gasteiger partial charge is 0.407 e. The number of likely N-dealkylation sites (tertiary alicyclic amines) is 1. The van der Waals surface area contributed by atoms with E-state index in [1.54, 1.807) is 0 Å². The first kappa shape index (κ1) is 23.4. The summed E-state index contributed by atoms with van der Waals surface area (Å²) in [5.41, 5.74) is 1.81. The van der Waals surface area contributed by atoms with Gasteiger partial charge >= 0.3 is 6.09 Å². The molecule has 1 aromatic rings. The van der Waals surface area contributed by atoms with Crippen LogP contribution in [0.4, 0.5) is 16.2 Å². The van der Waals surface area contributed by atoms with E-state index in [0.29, 0.717) is 31.5 Å². The van der Waals surface area contributed by atoms with Crippen LogP contribution in [0, 0.1) is 5.92 Å². The minimum absolute atomic E-state index is 0.00182. The maximum absolute atomic E-state index is 13.4. The predicted octanol–water partition coefficient (Wildman–Crippen LogP) is 3.76. The van der Waals surface area contributed by atoms with Crippen molar-refractivity contribution >= 4 is 29.3 Å². The van der Waals surface area contributed by atoms with Gasteiger partial charge in [0.25, 0.3) is 5.91 Å². The number of anilines is 2. The highest BCUT2D eigenvalue weighted by Crippen LogP contribution is 2.33. The Hall–Kier alpha value is -2.77. The molecule has 3 amide bonds. The van der Waals surface area contributed by atoms with E-state index >= 15 is 0 Å². The van der Waals surface area contributed by atoms with Gasteiger partial charge in [0.05, 0.1) is 11.3 Å². The molecule has 8 heteroatoms. The summed E-state index contributed by atoms with van der Waals surface area (Å²) in [6.45, 7) is 8.53. The predicted molar refractivity (Wildman–Crippen MR) is 128 cm³/mol. The number of carbonyl (C=O) groups excluding carboxylic acids is 3. The first-order valence-corrected chi connectivity index (χ1v) is 12.2. The van der Waals surface area contributed by atoms with Crippen molar-refractivity contribution in [3.8, 4) is 0 Å². The molecule has 2 heterocycles. The number of alkyl carbamates (subject to hydrolysis) is 1. The first-order valence-electron chi connectivity index (χ1n) is 12.2. The molecule has 0 radical (unpaired) electrons. The van der Waals surface area contributed by atoms with Crippen LogP contribution in [0.15, 0.2) is 18.2 Å². The van der Waals surface area contributed by atoms with E-state index in [4.69, 9.17) is 4.74 Å². The normalized spacial score (nSPS) is 19.4. The van der Waals surface area contributed by atoms with Crippen LogP contribution in [0.5, 0.6) is 0 Å². The minimum Gasteiger partial charge on any atom is -0.444 e. The zero-order chi connectivity index (χ0) is 23.6. The number of nitrogens with zero attached hydrogens (tertiary/aromatic N) is 2. The second kappa shape index (κ2) is 9.61. The molecule has 0 bridgehead atoms. The zero-order valence-electron chi connectivity index (χ0n) is 20.0. The Morgan fingerprint density at radius 2 is 1.64 bits per heavy atom. The molecule has 3 aliphatic rings. The molecule has 0 aromatic heterocycles. The fourth-order valence-electron chi connectivity index (χ4n) is 4.47. The van der Waals surface area contributed by atoms with Crippen molar-refractivity contribution in [2.75, 3.05) is 36.4 Å². The lowest BCUT2D eigenvalue weighted by Crippen LogP contribution is -2.47. The summed E-state index contributed by atoms with van der Waals surface area (Å²) < 4.78 is 5.35. The lowest BCUT2D eigenvalue weighted by molar-refractivity contribution is -0.117. The van der Waals surface area contributed by atoms with E-state index in [1.165, 1.54) is 0 Å². The molecule has 1 saturated carbocycles. The maximum atomic E-state index is 13.4. The van der Waals surface area contributed by atoms with Gasteiger partial charge in [0, 0.05) is 43.8 Å². The molecule has 1 aliphatic carbocycles. The van der Waals surface area contributed by atoms with Gasteiger partial charge in [0.2, 0.25) is 5.91 Å². The third-order valence-electron chi connectivity index (χ3n) is 6.39. The van der Waals surface area contributed by atoms with Gasteiger partial charge in [-0.25, -0.2) is 4.79 Å². The number of ether oxygens (including phenoxy) is 1. The number of piperidine rings is 1. The van der Waals surface area contributed by atoms with Crippen molar-refractivity contribution in [2.45, 2.75) is 70.9 Å². The van der Waals surface area contributed by atoms with E-state index in [0.717, 1.165) is 50.1 Å². The van der Waals surface area contributed by atoms with Gasteiger partial charge in [-0.05, 0) is 77.5 Å². The Balaban J connectivity index is 1.41. The molecule has 2 N–H and O–H groups in total. The maximum Gasteiger partial charge on any atom is 0.407 e. The van der Waals surface area contributed by atoms with Crippen LogP contribution in [0.25, 0.3) is 0 Å². The van der Waals surface area contributed by atoms with Crippen LogP contribution in [0.1, 0.15) is 69.7 Å². The fourth-order valence-corrected chi connectivity index (χ4v) is 4.47. The highest BCUT2D eigenvalue weighted by Gasteiger charge is 2.31. The molecular weight excluding hydrogens is 420 g/mol. The molecule has 180 valence electrons. The molecule has 1 aromatic carbocycles. The van der Waals surface area contributed by atoms with Crippen molar-refractivity contribution in [3.63, 3.8) is 0 Å². The van der Waals surface area contributed by atoms with Crippen molar-refractivity contribution in [1.82, 2.24) is 10.2 Å². The summed E-state index contributed by atoms with van der Waals surface area (Å²) in [7, 11) is 0. The highest BCUT2D eigenvalue weighted by molar-refractivity contribution is 6.02. The van der Waals surface area contributed by atoms with Gasteiger partial charge in [-0.1, -0.05) is 0 Å². The number of benzene rings is 1. The molecule has 0 unspecified atom stereocenters. The monoisotopic (exact) mass is 456 g/mol. The molecule has 4 rings (SSSR count). The molecular formula is C25H36N4O4. The van der Waals surface area contributed by atoms with E-state index in [9.17, 15) is 14.4 Å². The van der Waals surface area contributed by atoms with Gasteiger partial charge in [0.1, 0.15) is 5.60 Å². The summed E-state index contributed by atoms with van der Waals surface area (Å²) in [6.07, 6.45) is 5.11. The van der Waals surface area contributed by atoms with Crippen LogP contribution in [0.2, 0.25) is 0 Å². The second-order valence-corrected chi connectivity index (χ2v) is 10.4. The average Bonchev–Trinajstić information content (AvgIpc) is 3.47. The van der Waals surface area contributed by atoms with Crippen LogP contribution in [-0.4, -0.2) is 60.6 Å². The molecule has 2 aliphatic heterocycles. The number of nitrogens with one attached hydrogen (secondary N) is 2. The number of carbonyl (C=O) groups is 3. The first-order chi connectivity index (χ1) is 15.7. The van der Waals surface area contributed by atoms with E-state index in [1.807, 2.05) is 43.9 Å². The highest BCUT2D eigenvalue weighted by atomic mass is 16.6. The summed E-state index contributed by atoms with van der Waals surface area (Å²) in [6, 6.07) is 5.64. The van der Waals surface area contributed by atoms with Crippen LogP contribution in [-0.2, 0) is 9.53 Å². The topological polar surface area (TPSA) is 91.0 Å². The minimum atomic E-state index is -0.531. The molecule has 3 fully saturated rings. The SMILES string of the molecule is CC(C)(C)OC(=O)NC1CCN(C(=O)c2ccc(NC(=O)C3CC3)cc2N2CCCC2)CC1. The Morgan fingerprint density at radius 3 is 2.24 bits per heavy atom. The third-order valence-corrected chi connectivity index (χ3v) is 6.39. The molecule has 8 nitrogen and oxygen atoms in total. The van der Waals surface area contributed by atoms with Crippen molar-refractivity contribution in [2.24, 2.45) is 5.92 Å². The average molecular weight is 457 g/mol. The van der Waals surface area contributed by atoms with Gasteiger partial charge in [-0.15, -0.1) is 0 Å². The van der Waals surface area contributed by atoms with Gasteiger partial charge in [-0.3, -0.25) is 9.59 Å². The third kappa shape index (κ3) is 6.18. The molecule has 33 heavy (non-hydrogen) atoms. The number of hydrogen-bond acceptors (Lipinski definition) is 5. The summed E-state index contributed by atoms with van der Waals surface area (Å²) in [4.78, 5) is 41.8. The van der Waals surface area contributed by atoms with Crippen molar-refractivity contribution < 1.29 is 19.1 Å². The summed E-state index contributed by atoms with van der Waals surface area (Å²) in [5.74, 6) is 0.214. The van der Waals surface area contributed by atoms with Crippen molar-refractivity contribution in [1.29, 1.82) is 0 Å². The van der Waals surface area contributed by atoms with Gasteiger partial charge in [0.15, 0.2) is 0 Å². The molecule has 0 spiro atoms. The number of hydrogen-bond donors (Lipinski definition) is 2. The number of rotatable bonds is 5. The summed E-state index contributed by atoms with van der Waals surface area (Å²) >= 11 is 0. The lowest BCUT2D eigenvalue weighted by atomic mass is 10.0. The Labute approximate surface area is 196 Å². The molecule has 2 saturated heterocycles. The Morgan fingerprint density at radius 1 is 0.970 bits per heavy atom. The summed E-state index contributed by atoms with van der Waals surface area (Å²) in [5, 5.41) is 5.93.